The smallest absolute Gasteiger partial charge is 0.326 e. The van der Waals surface area contributed by atoms with Gasteiger partial charge in [0.15, 0.2) is 0 Å². The molecule has 15 heteroatoms. The molecule has 0 rings (SSSR count). The molecule has 0 aromatic rings. The average Bonchev–Trinajstić information content (AvgIpc) is 2.76. The van der Waals surface area contributed by atoms with Crippen LogP contribution in [0, 0.1) is 0 Å². The number of aliphatic carboxylic acids is 1. The average molecular weight is 523 g/mol. The predicted octanol–water partition coefficient (Wildman–Crippen LogP) is -2.50. The van der Waals surface area contributed by atoms with Crippen molar-refractivity contribution in [1.82, 2.24) is 16.0 Å². The van der Waals surface area contributed by atoms with Gasteiger partial charge in [-0.25, -0.2) is 4.79 Å². The van der Waals surface area contributed by atoms with E-state index in [1.54, 1.807) is 12.5 Å². The van der Waals surface area contributed by atoms with Crippen LogP contribution in [0.2, 0.25) is 0 Å². The zero-order valence-corrected chi connectivity index (χ0v) is 20.8. The van der Waals surface area contributed by atoms with E-state index in [0.717, 1.165) is 0 Å². The fourth-order valence-corrected chi connectivity index (χ4v) is 3.60. The van der Waals surface area contributed by atoms with E-state index in [1.165, 1.54) is 23.5 Å². The van der Waals surface area contributed by atoms with Crippen molar-refractivity contribution in [3.63, 3.8) is 0 Å². The number of thioether (sulfide) groups is 2. The highest BCUT2D eigenvalue weighted by molar-refractivity contribution is 7.98. The molecule has 4 unspecified atom stereocenters. The maximum absolute atomic E-state index is 12.8. The molecule has 13 nitrogen and oxygen atoms in total. The first-order valence-corrected chi connectivity index (χ1v) is 13.2. The number of nitrogens with two attached hydrogens (primary N) is 3. The van der Waals surface area contributed by atoms with E-state index in [1.807, 2.05) is 0 Å². The van der Waals surface area contributed by atoms with Gasteiger partial charge in [-0.2, -0.15) is 23.5 Å². The van der Waals surface area contributed by atoms with Crippen molar-refractivity contribution < 1.29 is 33.9 Å². The Bertz CT molecular complexity index is 740. The molecule has 0 saturated carbocycles. The monoisotopic (exact) mass is 522 g/mol. The lowest BCUT2D eigenvalue weighted by atomic mass is 10.1. The predicted molar refractivity (Wildman–Crippen MR) is 130 cm³/mol. The molecule has 0 aromatic heterocycles. The molecule has 0 saturated heterocycles. The Morgan fingerprint density at radius 3 is 1.68 bits per heavy atom. The standard InChI is InChI=1S/C19H34N6O7S2/c1-33-7-5-11(17(29)24-12(19(31)32)6-8-34-2)23-18(30)13(9-15(22)27)25-16(28)10(20)3-4-14(21)26/h10-13H,3-9,20H2,1-2H3,(H2,21,26)(H2,22,27)(H,23,30)(H,24,29)(H,25,28)(H,31,32). The fraction of sp³-hybridized carbons (Fsp3) is 0.684. The van der Waals surface area contributed by atoms with Crippen molar-refractivity contribution in [3.05, 3.63) is 0 Å². The maximum Gasteiger partial charge on any atom is 0.326 e. The van der Waals surface area contributed by atoms with Gasteiger partial charge < -0.3 is 38.3 Å². The van der Waals surface area contributed by atoms with Gasteiger partial charge >= 0.3 is 5.97 Å². The lowest BCUT2D eigenvalue weighted by Crippen LogP contribution is -2.57. The van der Waals surface area contributed by atoms with Gasteiger partial charge in [-0.1, -0.05) is 0 Å². The summed E-state index contributed by atoms with van der Waals surface area (Å²) in [4.78, 5) is 71.6. The highest BCUT2D eigenvalue weighted by atomic mass is 32.2. The van der Waals surface area contributed by atoms with Gasteiger partial charge in [-0.05, 0) is 43.3 Å². The van der Waals surface area contributed by atoms with Crippen molar-refractivity contribution in [3.8, 4) is 0 Å². The van der Waals surface area contributed by atoms with E-state index in [2.05, 4.69) is 16.0 Å². The second kappa shape index (κ2) is 17.0. The van der Waals surface area contributed by atoms with E-state index in [0.29, 0.717) is 11.5 Å². The Balaban J connectivity index is 5.42. The van der Waals surface area contributed by atoms with Crippen molar-refractivity contribution >= 4 is 59.0 Å². The van der Waals surface area contributed by atoms with Crippen LogP contribution in [-0.2, 0) is 28.8 Å². The van der Waals surface area contributed by atoms with Crippen molar-refractivity contribution in [2.45, 2.75) is 56.3 Å². The molecular formula is C19H34N6O7S2. The first kappa shape index (κ1) is 31.5. The van der Waals surface area contributed by atoms with Gasteiger partial charge in [0.25, 0.3) is 0 Å². The molecule has 10 N–H and O–H groups in total. The molecule has 4 atom stereocenters. The summed E-state index contributed by atoms with van der Waals surface area (Å²) in [5, 5.41) is 16.5. The van der Waals surface area contributed by atoms with Crippen LogP contribution in [0.25, 0.3) is 0 Å². The Morgan fingerprint density at radius 1 is 0.735 bits per heavy atom. The second-order valence-electron chi connectivity index (χ2n) is 7.37. The Kier molecular flexibility index (Phi) is 15.7. The van der Waals surface area contributed by atoms with E-state index in [9.17, 15) is 33.9 Å². The number of carbonyl (C=O) groups is 6. The molecule has 0 spiro atoms. The quantitative estimate of drug-likeness (QED) is 0.0998. The van der Waals surface area contributed by atoms with Crippen molar-refractivity contribution in [2.75, 3.05) is 24.0 Å². The summed E-state index contributed by atoms with van der Waals surface area (Å²) in [6.07, 6.45) is 3.16. The maximum atomic E-state index is 12.8. The third-order valence-electron chi connectivity index (χ3n) is 4.55. The third kappa shape index (κ3) is 13.3. The van der Waals surface area contributed by atoms with Gasteiger partial charge in [0, 0.05) is 6.42 Å². The minimum Gasteiger partial charge on any atom is -0.480 e. The Morgan fingerprint density at radius 2 is 1.21 bits per heavy atom. The van der Waals surface area contributed by atoms with Crippen LogP contribution in [-0.4, -0.2) is 88.8 Å². The molecule has 0 aromatic carbocycles. The molecule has 5 amide bonds. The molecular weight excluding hydrogens is 488 g/mol. The summed E-state index contributed by atoms with van der Waals surface area (Å²) < 4.78 is 0. The van der Waals surface area contributed by atoms with Crippen molar-refractivity contribution in [1.29, 1.82) is 0 Å². The highest BCUT2D eigenvalue weighted by Gasteiger charge is 2.30. The summed E-state index contributed by atoms with van der Waals surface area (Å²) >= 11 is 2.83. The van der Waals surface area contributed by atoms with Gasteiger partial charge in [0.1, 0.15) is 18.1 Å². The number of hydrogen-bond acceptors (Lipinski definition) is 9. The first-order chi connectivity index (χ1) is 15.9. The molecule has 0 fully saturated rings. The zero-order valence-electron chi connectivity index (χ0n) is 19.2. The van der Waals surface area contributed by atoms with Crippen LogP contribution < -0.4 is 33.2 Å². The molecule has 0 aliphatic carbocycles. The number of amides is 5. The van der Waals surface area contributed by atoms with E-state index in [4.69, 9.17) is 17.2 Å². The number of carbonyl (C=O) groups excluding carboxylic acids is 5. The Labute approximate surface area is 206 Å². The number of hydrogen-bond donors (Lipinski definition) is 7. The number of carboxylic acid groups (broad SMARTS) is 1. The number of nitrogens with one attached hydrogen (secondary N) is 3. The highest BCUT2D eigenvalue weighted by Crippen LogP contribution is 2.06. The molecule has 0 radical (unpaired) electrons. The Hall–Kier alpha value is -2.52. The van der Waals surface area contributed by atoms with Gasteiger partial charge in [-0.15, -0.1) is 0 Å². The van der Waals surface area contributed by atoms with Crippen LogP contribution in [0.15, 0.2) is 0 Å². The third-order valence-corrected chi connectivity index (χ3v) is 5.83. The summed E-state index contributed by atoms with van der Waals surface area (Å²) in [6, 6.07) is -4.86. The van der Waals surface area contributed by atoms with Crippen LogP contribution in [0.5, 0.6) is 0 Å². The largest absolute Gasteiger partial charge is 0.480 e. The number of primary amides is 2. The zero-order chi connectivity index (χ0) is 26.3. The normalized spacial score (nSPS) is 14.2. The van der Waals surface area contributed by atoms with Crippen LogP contribution >= 0.6 is 23.5 Å². The second-order valence-corrected chi connectivity index (χ2v) is 9.34. The first-order valence-electron chi connectivity index (χ1n) is 10.4. The molecule has 0 aliphatic rings. The molecule has 34 heavy (non-hydrogen) atoms. The minimum atomic E-state index is -1.43. The van der Waals surface area contributed by atoms with Crippen LogP contribution in [0.1, 0.15) is 32.1 Å². The van der Waals surface area contributed by atoms with E-state index in [-0.39, 0.29) is 25.7 Å². The topological polar surface area (TPSA) is 237 Å². The summed E-state index contributed by atoms with van der Waals surface area (Å²) in [5.74, 6) is -4.18. The van der Waals surface area contributed by atoms with Crippen molar-refractivity contribution in [2.24, 2.45) is 17.2 Å². The van der Waals surface area contributed by atoms with Crippen LogP contribution in [0.4, 0.5) is 0 Å². The lowest BCUT2D eigenvalue weighted by molar-refractivity contribution is -0.142. The van der Waals surface area contributed by atoms with E-state index < -0.39 is 66.1 Å². The summed E-state index contributed by atoms with van der Waals surface area (Å²) in [7, 11) is 0. The number of rotatable bonds is 18. The molecule has 0 heterocycles. The van der Waals surface area contributed by atoms with Gasteiger partial charge in [0.2, 0.25) is 29.5 Å². The lowest BCUT2D eigenvalue weighted by Gasteiger charge is -2.24. The van der Waals surface area contributed by atoms with Gasteiger partial charge in [0.05, 0.1) is 12.5 Å². The molecule has 194 valence electrons. The summed E-state index contributed by atoms with van der Waals surface area (Å²) in [5.41, 5.74) is 15.9. The van der Waals surface area contributed by atoms with E-state index >= 15 is 0 Å². The molecule has 0 bridgehead atoms. The SMILES string of the molecule is CSCCC(NC(=O)C(CCSC)NC(=O)C(CC(N)=O)NC(=O)C(N)CCC(N)=O)C(=O)O. The summed E-state index contributed by atoms with van der Waals surface area (Å²) in [6.45, 7) is 0. The minimum absolute atomic E-state index is 0.0720. The fourth-order valence-electron chi connectivity index (χ4n) is 2.66. The number of carboxylic acids is 1. The molecule has 0 aliphatic heterocycles. The van der Waals surface area contributed by atoms with Gasteiger partial charge in [-0.3, -0.25) is 24.0 Å². The van der Waals surface area contributed by atoms with Crippen LogP contribution in [0.3, 0.4) is 0 Å².